The van der Waals surface area contributed by atoms with Crippen LogP contribution in [0, 0.1) is 12.8 Å². The Labute approximate surface area is 181 Å². The second-order valence-electron chi connectivity index (χ2n) is 7.91. The first-order valence-corrected chi connectivity index (χ1v) is 11.4. The molecule has 1 amide bonds. The molecule has 2 aromatic heterocycles. The molecule has 0 unspecified atom stereocenters. The van der Waals surface area contributed by atoms with Gasteiger partial charge in [-0.25, -0.2) is 0 Å². The number of carbonyl (C=O) groups excluding carboxylic acids is 2. The van der Waals surface area contributed by atoms with Gasteiger partial charge in [0.05, 0.1) is 28.8 Å². The molecule has 3 aromatic rings. The minimum absolute atomic E-state index is 0.0427. The Kier molecular flexibility index (Phi) is 5.95. The maximum Gasteiger partial charge on any atom is 0.309 e. The van der Waals surface area contributed by atoms with Gasteiger partial charge in [-0.05, 0) is 51.3 Å². The number of aryl methyl sites for hydroxylation is 1. The zero-order chi connectivity index (χ0) is 21.3. The van der Waals surface area contributed by atoms with Crippen molar-refractivity contribution in [1.29, 1.82) is 0 Å². The summed E-state index contributed by atoms with van der Waals surface area (Å²) in [7, 11) is 0. The monoisotopic (exact) mass is 424 g/mol. The molecule has 1 aliphatic heterocycles. The fraction of sp³-hybridized carbons (Fsp3) is 0.417. The van der Waals surface area contributed by atoms with E-state index in [2.05, 4.69) is 36.6 Å². The number of nitrogens with zero attached hydrogens (tertiary/aromatic N) is 2. The summed E-state index contributed by atoms with van der Waals surface area (Å²) in [4.78, 5) is 28.7. The predicted octanol–water partition coefficient (Wildman–Crippen LogP) is 5.04. The Morgan fingerprint density at radius 2 is 1.87 bits per heavy atom. The van der Waals surface area contributed by atoms with E-state index in [1.165, 1.54) is 10.4 Å². The van der Waals surface area contributed by atoms with E-state index in [0.717, 1.165) is 15.9 Å². The van der Waals surface area contributed by atoms with Crippen molar-refractivity contribution in [1.82, 2.24) is 9.47 Å². The van der Waals surface area contributed by atoms with Crippen LogP contribution in [0.15, 0.2) is 42.5 Å². The number of fused-ring (bicyclic) bond motifs is 1. The lowest BCUT2D eigenvalue weighted by Crippen LogP contribution is -2.41. The molecule has 0 bridgehead atoms. The van der Waals surface area contributed by atoms with E-state index in [1.54, 1.807) is 11.3 Å². The van der Waals surface area contributed by atoms with Gasteiger partial charge >= 0.3 is 5.97 Å². The van der Waals surface area contributed by atoms with Crippen LogP contribution in [0.4, 0.5) is 0 Å². The highest BCUT2D eigenvalue weighted by Crippen LogP contribution is 2.34. The van der Waals surface area contributed by atoms with Gasteiger partial charge in [-0.15, -0.1) is 11.3 Å². The highest BCUT2D eigenvalue weighted by molar-refractivity contribution is 7.19. The number of hydrogen-bond acceptors (Lipinski definition) is 4. The number of carbonyl (C=O) groups is 2. The van der Waals surface area contributed by atoms with Gasteiger partial charge in [0, 0.05) is 18.0 Å². The summed E-state index contributed by atoms with van der Waals surface area (Å²) in [5.41, 5.74) is 3.01. The van der Waals surface area contributed by atoms with Crippen LogP contribution in [0.2, 0.25) is 0 Å². The number of rotatable bonds is 5. The molecule has 0 spiro atoms. The average Bonchev–Trinajstić information content (AvgIpc) is 3.29. The molecule has 1 aromatic carbocycles. The molecule has 158 valence electrons. The lowest BCUT2D eigenvalue weighted by Gasteiger charge is -2.31. The van der Waals surface area contributed by atoms with Crippen molar-refractivity contribution in [2.24, 2.45) is 5.92 Å². The first kappa shape index (κ1) is 20.7. The van der Waals surface area contributed by atoms with Gasteiger partial charge in [-0.2, -0.15) is 0 Å². The van der Waals surface area contributed by atoms with Crippen LogP contribution in [0.25, 0.3) is 10.2 Å². The molecule has 3 heterocycles. The zero-order valence-corrected chi connectivity index (χ0v) is 18.6. The SMILES string of the molecule is CCOC(=O)C1CCN(C(=O)c2cc3sc(C)cc3n2[C@@H](C)c2ccccc2)CC1. The Morgan fingerprint density at radius 3 is 2.53 bits per heavy atom. The largest absolute Gasteiger partial charge is 0.466 e. The van der Waals surface area contributed by atoms with E-state index in [9.17, 15) is 9.59 Å². The first-order valence-electron chi connectivity index (χ1n) is 10.6. The minimum Gasteiger partial charge on any atom is -0.466 e. The van der Waals surface area contributed by atoms with Gasteiger partial charge < -0.3 is 14.2 Å². The third-order valence-electron chi connectivity index (χ3n) is 5.94. The Hall–Kier alpha value is -2.60. The van der Waals surface area contributed by atoms with Crippen LogP contribution in [0.5, 0.6) is 0 Å². The number of hydrogen-bond donors (Lipinski definition) is 0. The van der Waals surface area contributed by atoms with Crippen molar-refractivity contribution < 1.29 is 14.3 Å². The van der Waals surface area contributed by atoms with Gasteiger partial charge in [0.15, 0.2) is 0 Å². The van der Waals surface area contributed by atoms with Crippen LogP contribution >= 0.6 is 11.3 Å². The van der Waals surface area contributed by atoms with Crippen LogP contribution in [0.1, 0.15) is 53.7 Å². The first-order chi connectivity index (χ1) is 14.5. The average molecular weight is 425 g/mol. The summed E-state index contributed by atoms with van der Waals surface area (Å²) in [6, 6.07) is 14.5. The molecule has 0 aliphatic carbocycles. The van der Waals surface area contributed by atoms with Gasteiger partial charge in [-0.1, -0.05) is 30.3 Å². The number of benzene rings is 1. The molecule has 0 radical (unpaired) electrons. The van der Waals surface area contributed by atoms with Crippen molar-refractivity contribution in [3.63, 3.8) is 0 Å². The normalized spacial score (nSPS) is 16.0. The van der Waals surface area contributed by atoms with E-state index >= 15 is 0 Å². The van der Waals surface area contributed by atoms with Gasteiger partial charge in [0.1, 0.15) is 5.69 Å². The summed E-state index contributed by atoms with van der Waals surface area (Å²) in [6.07, 6.45) is 1.32. The van der Waals surface area contributed by atoms with Crippen molar-refractivity contribution in [3.8, 4) is 0 Å². The maximum absolute atomic E-state index is 13.5. The second kappa shape index (κ2) is 8.64. The number of thiophene rings is 1. The summed E-state index contributed by atoms with van der Waals surface area (Å²) in [6.45, 7) is 7.64. The Morgan fingerprint density at radius 1 is 1.17 bits per heavy atom. The fourth-order valence-electron chi connectivity index (χ4n) is 4.34. The smallest absolute Gasteiger partial charge is 0.309 e. The molecule has 0 saturated carbocycles. The topological polar surface area (TPSA) is 51.5 Å². The molecule has 1 saturated heterocycles. The Balaban J connectivity index is 1.62. The minimum atomic E-state index is -0.137. The van der Waals surface area contributed by atoms with Crippen LogP contribution in [-0.4, -0.2) is 41.0 Å². The zero-order valence-electron chi connectivity index (χ0n) is 17.8. The molecule has 4 rings (SSSR count). The molecule has 1 fully saturated rings. The van der Waals surface area contributed by atoms with Crippen LogP contribution in [0.3, 0.4) is 0 Å². The lowest BCUT2D eigenvalue weighted by molar-refractivity contribution is -0.149. The van der Waals surface area contributed by atoms with E-state index in [1.807, 2.05) is 36.1 Å². The quantitative estimate of drug-likeness (QED) is 0.540. The van der Waals surface area contributed by atoms with Gasteiger partial charge in [-0.3, -0.25) is 9.59 Å². The number of piperidine rings is 1. The predicted molar refractivity (Wildman–Crippen MR) is 120 cm³/mol. The van der Waals surface area contributed by atoms with E-state index in [-0.39, 0.29) is 23.8 Å². The van der Waals surface area contributed by atoms with Crippen molar-refractivity contribution in [2.75, 3.05) is 19.7 Å². The molecule has 1 atom stereocenters. The van der Waals surface area contributed by atoms with Crippen LogP contribution in [-0.2, 0) is 9.53 Å². The maximum atomic E-state index is 13.5. The van der Waals surface area contributed by atoms with E-state index in [0.29, 0.717) is 32.5 Å². The number of aromatic nitrogens is 1. The molecule has 0 N–H and O–H groups in total. The van der Waals surface area contributed by atoms with Crippen molar-refractivity contribution >= 4 is 33.4 Å². The molecule has 1 aliphatic rings. The van der Waals surface area contributed by atoms with Crippen LogP contribution < -0.4 is 0 Å². The number of esters is 1. The number of likely N-dealkylation sites (tertiary alicyclic amines) is 1. The lowest BCUT2D eigenvalue weighted by atomic mass is 9.97. The summed E-state index contributed by atoms with van der Waals surface area (Å²) >= 11 is 1.72. The molecular formula is C24H28N2O3S. The number of amides is 1. The summed E-state index contributed by atoms with van der Waals surface area (Å²) < 4.78 is 8.47. The van der Waals surface area contributed by atoms with E-state index < -0.39 is 0 Å². The van der Waals surface area contributed by atoms with Gasteiger partial charge in [0.25, 0.3) is 5.91 Å². The summed E-state index contributed by atoms with van der Waals surface area (Å²) in [5, 5.41) is 0. The molecule has 30 heavy (non-hydrogen) atoms. The highest BCUT2D eigenvalue weighted by atomic mass is 32.1. The van der Waals surface area contributed by atoms with E-state index in [4.69, 9.17) is 4.74 Å². The van der Waals surface area contributed by atoms with Gasteiger partial charge in [0.2, 0.25) is 0 Å². The Bertz CT molecular complexity index is 1050. The standard InChI is InChI=1S/C24H28N2O3S/c1-4-29-24(28)19-10-12-25(13-11-19)23(27)21-15-22-20(14-16(2)30-22)26(21)17(3)18-8-6-5-7-9-18/h5-9,14-15,17,19H,4,10-13H2,1-3H3/t17-/m0/s1. The third-order valence-corrected chi connectivity index (χ3v) is 6.93. The number of ether oxygens (including phenoxy) is 1. The molecule has 6 heteroatoms. The second-order valence-corrected chi connectivity index (χ2v) is 9.20. The molecular weight excluding hydrogens is 396 g/mol. The highest BCUT2D eigenvalue weighted by Gasteiger charge is 2.31. The van der Waals surface area contributed by atoms with Crippen molar-refractivity contribution in [3.05, 3.63) is 58.6 Å². The molecule has 5 nitrogen and oxygen atoms in total. The summed E-state index contributed by atoms with van der Waals surface area (Å²) in [5.74, 6) is -0.196. The fourth-order valence-corrected chi connectivity index (χ4v) is 5.29. The third kappa shape index (κ3) is 3.88. The van der Waals surface area contributed by atoms with Crippen molar-refractivity contribution in [2.45, 2.75) is 39.7 Å².